The third-order valence-corrected chi connectivity index (χ3v) is 5.99. The molecule has 7 nitrogen and oxygen atoms in total. The van der Waals surface area contributed by atoms with E-state index in [9.17, 15) is 15.0 Å². The van der Waals surface area contributed by atoms with E-state index in [1.54, 1.807) is 36.4 Å². The summed E-state index contributed by atoms with van der Waals surface area (Å²) < 4.78 is 13.0. The molecule has 2 N–H and O–H groups in total. The summed E-state index contributed by atoms with van der Waals surface area (Å²) in [6.45, 7) is 0.920. The summed E-state index contributed by atoms with van der Waals surface area (Å²) in [7, 11) is 0. The van der Waals surface area contributed by atoms with Gasteiger partial charge in [0.25, 0.3) is 5.91 Å². The lowest BCUT2D eigenvalue weighted by Crippen LogP contribution is -2.32. The van der Waals surface area contributed by atoms with Crippen LogP contribution in [0.1, 0.15) is 4.88 Å². The molecule has 1 amide bonds. The van der Waals surface area contributed by atoms with E-state index in [4.69, 9.17) is 21.7 Å². The molecular formula is C21H14N2O5S2. The van der Waals surface area contributed by atoms with E-state index in [0.29, 0.717) is 50.2 Å². The molecule has 5 rings (SSSR count). The van der Waals surface area contributed by atoms with Crippen molar-refractivity contribution in [3.8, 4) is 28.8 Å². The summed E-state index contributed by atoms with van der Waals surface area (Å²) in [6.07, 6.45) is 3.27. The number of carbonyl (C=O) groups is 1. The highest BCUT2D eigenvalue weighted by molar-refractivity contribution is 7.73. The predicted molar refractivity (Wildman–Crippen MR) is 113 cm³/mol. The van der Waals surface area contributed by atoms with Gasteiger partial charge in [-0.25, -0.2) is 4.99 Å². The number of carbonyl (C=O) groups excluding carboxylic acids is 1. The highest BCUT2D eigenvalue weighted by Gasteiger charge is 2.18. The minimum Gasteiger partial charge on any atom is -0.508 e. The summed E-state index contributed by atoms with van der Waals surface area (Å²) in [5.74, 6) is 0.782. The summed E-state index contributed by atoms with van der Waals surface area (Å²) >= 11 is 6.55. The fourth-order valence-corrected chi connectivity index (χ4v) is 4.56. The third-order valence-electron chi connectivity index (χ3n) is 4.68. The van der Waals surface area contributed by atoms with E-state index < -0.39 is 5.91 Å². The molecule has 1 aromatic heterocycles. The van der Waals surface area contributed by atoms with Crippen LogP contribution in [0.15, 0.2) is 47.0 Å². The minimum atomic E-state index is -0.422. The van der Waals surface area contributed by atoms with Gasteiger partial charge in [-0.3, -0.25) is 9.36 Å². The predicted octanol–water partition coefficient (Wildman–Crippen LogP) is 2.47. The minimum absolute atomic E-state index is 0.0858. The van der Waals surface area contributed by atoms with Gasteiger partial charge in [0, 0.05) is 16.9 Å². The molecule has 150 valence electrons. The molecule has 0 saturated heterocycles. The number of hydrogen-bond donors (Lipinski definition) is 2. The van der Waals surface area contributed by atoms with Crippen LogP contribution in [0.25, 0.3) is 17.8 Å². The standard InChI is InChI=1S/C21H14N2O5S2/c24-14-3-1-13(2-4-14)23-20(26)18(30-21(23)29)9-12-7-11-8-16-17(28-6-5-27-16)10-15(11)22-19(12)25/h1-4,7-10,24,26H,5-6H2/b12-9-. The summed E-state index contributed by atoms with van der Waals surface area (Å²) in [5.41, 5.74) is 0.928. The molecule has 0 bridgehead atoms. The largest absolute Gasteiger partial charge is 0.508 e. The second kappa shape index (κ2) is 7.12. The lowest BCUT2D eigenvalue weighted by molar-refractivity contribution is -0.114. The number of ether oxygens (including phenoxy) is 2. The number of aromatic nitrogens is 1. The molecule has 0 spiro atoms. The fourth-order valence-electron chi connectivity index (χ4n) is 3.26. The zero-order valence-electron chi connectivity index (χ0n) is 15.4. The number of phenols is 1. The van der Waals surface area contributed by atoms with Crippen molar-refractivity contribution in [2.75, 3.05) is 13.2 Å². The van der Waals surface area contributed by atoms with Crippen molar-refractivity contribution < 1.29 is 24.5 Å². The Kier molecular flexibility index (Phi) is 4.41. The van der Waals surface area contributed by atoms with E-state index in [1.165, 1.54) is 28.0 Å². The number of thiazole rings is 1. The number of benzene rings is 2. The SMILES string of the molecule is O=C1N=c2cc3c(cc2=C/C1=C/c1sc(=S)n(-c2ccc(O)cc2)c1O)OCCO3. The zero-order chi connectivity index (χ0) is 20.8. The highest BCUT2D eigenvalue weighted by atomic mass is 32.1. The van der Waals surface area contributed by atoms with Crippen molar-refractivity contribution in [2.24, 2.45) is 4.99 Å². The molecule has 2 aliphatic heterocycles. The van der Waals surface area contributed by atoms with Crippen LogP contribution in [0.4, 0.5) is 0 Å². The normalized spacial score (nSPS) is 16.0. The molecular weight excluding hydrogens is 424 g/mol. The van der Waals surface area contributed by atoms with Gasteiger partial charge in [-0.2, -0.15) is 0 Å². The maximum absolute atomic E-state index is 12.6. The van der Waals surface area contributed by atoms with Crippen LogP contribution < -0.4 is 20.0 Å². The molecule has 0 saturated carbocycles. The maximum atomic E-state index is 12.6. The lowest BCUT2D eigenvalue weighted by Gasteiger charge is -2.18. The first-order valence-corrected chi connectivity index (χ1v) is 10.2. The topological polar surface area (TPSA) is 93.3 Å². The second-order valence-corrected chi connectivity index (χ2v) is 8.30. The Morgan fingerprint density at radius 1 is 1.10 bits per heavy atom. The first-order chi connectivity index (χ1) is 14.5. The van der Waals surface area contributed by atoms with Crippen molar-refractivity contribution in [1.82, 2.24) is 4.57 Å². The number of phenolic OH excluding ortho intramolecular Hbond substituents is 1. The average Bonchev–Trinajstić information content (AvgIpc) is 3.01. The number of rotatable bonds is 2. The van der Waals surface area contributed by atoms with Crippen molar-refractivity contribution >= 4 is 41.6 Å². The Hall–Kier alpha value is -3.43. The van der Waals surface area contributed by atoms with Gasteiger partial charge in [0.05, 0.1) is 15.9 Å². The summed E-state index contributed by atoms with van der Waals surface area (Å²) in [6, 6.07) is 9.78. The molecule has 0 unspecified atom stereocenters. The van der Waals surface area contributed by atoms with Gasteiger partial charge in [-0.15, -0.1) is 11.3 Å². The monoisotopic (exact) mass is 438 g/mol. The van der Waals surface area contributed by atoms with Crippen LogP contribution in [-0.4, -0.2) is 33.9 Å². The Morgan fingerprint density at radius 3 is 2.53 bits per heavy atom. The van der Waals surface area contributed by atoms with Crippen molar-refractivity contribution in [2.45, 2.75) is 0 Å². The Morgan fingerprint density at radius 2 is 1.80 bits per heavy atom. The van der Waals surface area contributed by atoms with Crippen molar-refractivity contribution in [1.29, 1.82) is 0 Å². The van der Waals surface area contributed by atoms with Crippen LogP contribution in [0.2, 0.25) is 0 Å². The van der Waals surface area contributed by atoms with Gasteiger partial charge >= 0.3 is 0 Å². The van der Waals surface area contributed by atoms with Crippen molar-refractivity contribution in [3.63, 3.8) is 0 Å². The smallest absolute Gasteiger partial charge is 0.277 e. The molecule has 0 aliphatic carbocycles. The zero-order valence-corrected chi connectivity index (χ0v) is 17.0. The molecule has 9 heteroatoms. The van der Waals surface area contributed by atoms with Gasteiger partial charge in [0.1, 0.15) is 19.0 Å². The molecule has 0 atom stereocenters. The van der Waals surface area contributed by atoms with Gasteiger partial charge in [0.15, 0.2) is 15.5 Å². The quantitative estimate of drug-likeness (QED) is 0.472. The number of hydrogen-bond acceptors (Lipinski definition) is 7. The van der Waals surface area contributed by atoms with Gasteiger partial charge in [-0.1, -0.05) is 0 Å². The van der Waals surface area contributed by atoms with Crippen LogP contribution in [-0.2, 0) is 4.79 Å². The number of nitrogens with zero attached hydrogens (tertiary/aromatic N) is 2. The molecule has 2 aliphatic rings. The number of aromatic hydroxyl groups is 2. The molecule has 2 aromatic carbocycles. The molecule has 0 fully saturated rings. The van der Waals surface area contributed by atoms with Crippen LogP contribution in [0.3, 0.4) is 0 Å². The molecule has 3 heterocycles. The third kappa shape index (κ3) is 3.17. The maximum Gasteiger partial charge on any atom is 0.277 e. The Labute approximate surface area is 179 Å². The summed E-state index contributed by atoms with van der Waals surface area (Å²) in [5, 5.41) is 21.4. The summed E-state index contributed by atoms with van der Waals surface area (Å²) in [4.78, 5) is 17.1. The van der Waals surface area contributed by atoms with E-state index in [1.807, 2.05) is 0 Å². The second-order valence-electron chi connectivity index (χ2n) is 6.62. The van der Waals surface area contributed by atoms with E-state index in [0.717, 1.165) is 5.22 Å². The van der Waals surface area contributed by atoms with E-state index in [2.05, 4.69) is 4.99 Å². The first-order valence-electron chi connectivity index (χ1n) is 9.00. The van der Waals surface area contributed by atoms with E-state index >= 15 is 0 Å². The fraction of sp³-hybridized carbons (Fsp3) is 0.0952. The van der Waals surface area contributed by atoms with Crippen LogP contribution in [0.5, 0.6) is 23.1 Å². The molecule has 0 radical (unpaired) electrons. The number of fused-ring (bicyclic) bond motifs is 2. The van der Waals surface area contributed by atoms with Crippen LogP contribution >= 0.6 is 23.6 Å². The van der Waals surface area contributed by atoms with Gasteiger partial charge in [0.2, 0.25) is 5.88 Å². The molecule has 3 aromatic rings. The Bertz CT molecular complexity index is 1400. The van der Waals surface area contributed by atoms with Gasteiger partial charge < -0.3 is 19.7 Å². The molecule has 30 heavy (non-hydrogen) atoms. The van der Waals surface area contributed by atoms with Crippen LogP contribution in [0, 0.1) is 3.95 Å². The lowest BCUT2D eigenvalue weighted by atomic mass is 10.1. The van der Waals surface area contributed by atoms with Crippen molar-refractivity contribution in [3.05, 3.63) is 61.4 Å². The Balaban J connectivity index is 1.60. The highest BCUT2D eigenvalue weighted by Crippen LogP contribution is 2.32. The number of amides is 1. The first kappa shape index (κ1) is 18.6. The van der Waals surface area contributed by atoms with E-state index in [-0.39, 0.29) is 11.6 Å². The average molecular weight is 438 g/mol. The van der Waals surface area contributed by atoms with Gasteiger partial charge in [-0.05, 0) is 54.7 Å².